The molecule has 1 saturated heterocycles. The smallest absolute Gasteiger partial charge is 0.198 e. The molecule has 32 heavy (non-hydrogen) atoms. The molecule has 2 aliphatic heterocycles. The molecule has 1 unspecified atom stereocenters. The van der Waals surface area contributed by atoms with Gasteiger partial charge in [-0.15, -0.1) is 0 Å². The van der Waals surface area contributed by atoms with Crippen molar-refractivity contribution in [3.63, 3.8) is 0 Å². The van der Waals surface area contributed by atoms with Gasteiger partial charge in [0.05, 0.1) is 12.8 Å². The van der Waals surface area contributed by atoms with Crippen molar-refractivity contribution in [1.82, 2.24) is 15.6 Å². The van der Waals surface area contributed by atoms with Gasteiger partial charge in [-0.3, -0.25) is 9.79 Å². The molecule has 0 radical (unpaired) electrons. The molecule has 3 heterocycles. The molecule has 1 aromatic carbocycles. The lowest BCUT2D eigenvalue weighted by Crippen LogP contribution is -2.30. The first-order valence-corrected chi connectivity index (χ1v) is 10.9. The molecule has 4 rings (SSSR count). The zero-order valence-corrected chi connectivity index (χ0v) is 18.4. The van der Waals surface area contributed by atoms with Crippen LogP contribution in [0.15, 0.2) is 47.6 Å². The number of Topliss-reactive ketones (excluding diaryl/α,β-unsaturated/α-hetero) is 1. The first kappa shape index (κ1) is 21.7. The number of benzene rings is 1. The molecule has 0 amide bonds. The largest absolute Gasteiger partial charge is 0.497 e. The monoisotopic (exact) mass is 429 g/mol. The number of carbonyl (C=O) groups excluding carboxylic acids is 1. The van der Waals surface area contributed by atoms with Crippen molar-refractivity contribution in [2.75, 3.05) is 26.7 Å². The first-order valence-electron chi connectivity index (χ1n) is 10.9. The summed E-state index contributed by atoms with van der Waals surface area (Å²) in [6.45, 7) is 4.60. The number of aromatic nitrogens is 1. The molecule has 2 atom stereocenters. The molecule has 2 aliphatic rings. The Bertz CT molecular complexity index is 1070. The quantitative estimate of drug-likeness (QED) is 0.758. The van der Waals surface area contributed by atoms with Crippen LogP contribution in [0.2, 0.25) is 0 Å². The Morgan fingerprint density at radius 3 is 2.62 bits per heavy atom. The maximum atomic E-state index is 13.1. The number of ketones is 1. The molecule has 2 aromatic rings. The number of nitrogens with zero attached hydrogens (tertiary/aromatic N) is 3. The summed E-state index contributed by atoms with van der Waals surface area (Å²) in [5, 5.41) is 15.8. The lowest BCUT2D eigenvalue weighted by molar-refractivity contribution is -0.113. The highest BCUT2D eigenvalue weighted by Gasteiger charge is 2.28. The number of aliphatic imine (C=N–C) groups is 1. The number of ether oxygens (including phenoxy) is 1. The average Bonchev–Trinajstić information content (AvgIpc) is 3.30. The summed E-state index contributed by atoms with van der Waals surface area (Å²) >= 11 is 0. The highest BCUT2D eigenvalue weighted by Crippen LogP contribution is 2.35. The number of hydrogen-bond acceptors (Lipinski definition) is 6. The lowest BCUT2D eigenvalue weighted by atomic mass is 9.88. The van der Waals surface area contributed by atoms with Gasteiger partial charge in [0.25, 0.3) is 0 Å². The van der Waals surface area contributed by atoms with Gasteiger partial charge in [-0.2, -0.15) is 5.26 Å². The number of nitriles is 1. The van der Waals surface area contributed by atoms with Gasteiger partial charge in [-0.1, -0.05) is 19.1 Å². The van der Waals surface area contributed by atoms with E-state index in [9.17, 15) is 4.79 Å². The van der Waals surface area contributed by atoms with Crippen molar-refractivity contribution in [2.24, 2.45) is 16.8 Å². The van der Waals surface area contributed by atoms with E-state index in [1.54, 1.807) is 19.4 Å². The van der Waals surface area contributed by atoms with Crippen LogP contribution in [0.25, 0.3) is 11.3 Å². The maximum absolute atomic E-state index is 13.1. The topological polar surface area (TPSA) is 99.4 Å². The standard InChI is InChI=1S/C25H27N5O2/c1-16-11-22(31)25(29-14-17-9-10-27-13-17)30-24(19-3-6-20(12-26)28-15-19)23(16)18-4-7-21(32-2)8-5-18/h3-8,15-17,27H,9-11,13-14H2,1-2H3,(H,29,30)/t16?,17-/m0/s1. The molecule has 1 aromatic heterocycles. The van der Waals surface area contributed by atoms with Crippen molar-refractivity contribution >= 4 is 22.9 Å². The molecular weight excluding hydrogens is 402 g/mol. The number of methoxy groups -OCH3 is 1. The Labute approximate surface area is 188 Å². The van der Waals surface area contributed by atoms with E-state index in [-0.39, 0.29) is 11.7 Å². The van der Waals surface area contributed by atoms with E-state index in [0.717, 1.165) is 47.7 Å². The SMILES string of the molecule is COc1ccc(C2=C(c3ccc(C#N)nc3)NC(=NC[C@H]3CCNC3)C(=O)CC2C)cc1. The van der Waals surface area contributed by atoms with E-state index in [4.69, 9.17) is 15.0 Å². The summed E-state index contributed by atoms with van der Waals surface area (Å²) in [4.78, 5) is 22.0. The highest BCUT2D eigenvalue weighted by molar-refractivity contribution is 6.41. The number of pyridine rings is 1. The fourth-order valence-corrected chi connectivity index (χ4v) is 4.23. The Kier molecular flexibility index (Phi) is 6.62. The fourth-order valence-electron chi connectivity index (χ4n) is 4.23. The minimum atomic E-state index is -0.0325. The van der Waals surface area contributed by atoms with Crippen LogP contribution in [0.5, 0.6) is 5.75 Å². The Morgan fingerprint density at radius 2 is 2.00 bits per heavy atom. The van der Waals surface area contributed by atoms with Crippen molar-refractivity contribution in [2.45, 2.75) is 19.8 Å². The van der Waals surface area contributed by atoms with Crippen LogP contribution >= 0.6 is 0 Å². The Hall–Kier alpha value is -3.50. The van der Waals surface area contributed by atoms with Crippen LogP contribution in [0, 0.1) is 23.2 Å². The second-order valence-electron chi connectivity index (χ2n) is 8.26. The lowest BCUT2D eigenvalue weighted by Gasteiger charge is -2.19. The summed E-state index contributed by atoms with van der Waals surface area (Å²) in [5.41, 5.74) is 3.97. The van der Waals surface area contributed by atoms with E-state index < -0.39 is 0 Å². The first-order chi connectivity index (χ1) is 15.6. The molecule has 7 heteroatoms. The fraction of sp³-hybridized carbons (Fsp3) is 0.360. The molecule has 0 saturated carbocycles. The van der Waals surface area contributed by atoms with E-state index in [1.807, 2.05) is 30.3 Å². The Balaban J connectivity index is 1.79. The van der Waals surface area contributed by atoms with Gasteiger partial charge in [-0.25, -0.2) is 4.98 Å². The predicted octanol–water partition coefficient (Wildman–Crippen LogP) is 3.04. The highest BCUT2D eigenvalue weighted by atomic mass is 16.5. The predicted molar refractivity (Wildman–Crippen MR) is 124 cm³/mol. The van der Waals surface area contributed by atoms with Crippen LogP contribution in [0.3, 0.4) is 0 Å². The van der Waals surface area contributed by atoms with Gasteiger partial charge in [0.2, 0.25) is 0 Å². The van der Waals surface area contributed by atoms with Gasteiger partial charge >= 0.3 is 0 Å². The average molecular weight is 430 g/mol. The number of allylic oxidation sites excluding steroid dienone is 1. The molecule has 2 N–H and O–H groups in total. The summed E-state index contributed by atoms with van der Waals surface area (Å²) in [6.07, 6.45) is 3.11. The van der Waals surface area contributed by atoms with Crippen molar-refractivity contribution in [1.29, 1.82) is 5.26 Å². The van der Waals surface area contributed by atoms with E-state index in [0.29, 0.717) is 30.4 Å². The molecule has 0 spiro atoms. The van der Waals surface area contributed by atoms with Crippen LogP contribution < -0.4 is 15.4 Å². The van der Waals surface area contributed by atoms with Crippen LogP contribution in [-0.2, 0) is 4.79 Å². The van der Waals surface area contributed by atoms with E-state index in [1.165, 1.54) is 0 Å². The number of rotatable bonds is 5. The normalized spacial score (nSPS) is 22.4. The molecule has 164 valence electrons. The molecule has 7 nitrogen and oxygen atoms in total. The van der Waals surface area contributed by atoms with Gasteiger partial charge in [0.15, 0.2) is 11.6 Å². The molecular formula is C25H27N5O2. The summed E-state index contributed by atoms with van der Waals surface area (Å²) in [7, 11) is 1.64. The Morgan fingerprint density at radius 1 is 1.22 bits per heavy atom. The number of carbonyl (C=O) groups is 1. The van der Waals surface area contributed by atoms with E-state index >= 15 is 0 Å². The van der Waals surface area contributed by atoms with Gasteiger partial charge in [0, 0.05) is 24.7 Å². The van der Waals surface area contributed by atoms with Crippen LogP contribution in [0.4, 0.5) is 0 Å². The van der Waals surface area contributed by atoms with Crippen LogP contribution in [0.1, 0.15) is 36.6 Å². The summed E-state index contributed by atoms with van der Waals surface area (Å²) in [6, 6.07) is 13.4. The second-order valence-corrected chi connectivity index (χ2v) is 8.26. The zero-order valence-electron chi connectivity index (χ0n) is 18.4. The third-order valence-corrected chi connectivity index (χ3v) is 6.00. The third-order valence-electron chi connectivity index (χ3n) is 6.00. The minimum Gasteiger partial charge on any atom is -0.497 e. The number of nitrogens with one attached hydrogen (secondary N) is 2. The van der Waals surface area contributed by atoms with Gasteiger partial charge in [0.1, 0.15) is 17.5 Å². The number of amidine groups is 1. The zero-order chi connectivity index (χ0) is 22.5. The van der Waals surface area contributed by atoms with Gasteiger partial charge in [-0.05, 0) is 66.7 Å². The van der Waals surface area contributed by atoms with E-state index in [2.05, 4.69) is 28.6 Å². The third kappa shape index (κ3) is 4.71. The molecule has 0 bridgehead atoms. The van der Waals surface area contributed by atoms with Crippen molar-refractivity contribution < 1.29 is 9.53 Å². The van der Waals surface area contributed by atoms with Gasteiger partial charge < -0.3 is 15.4 Å². The number of hydrogen-bond donors (Lipinski definition) is 2. The summed E-state index contributed by atoms with van der Waals surface area (Å²) in [5.74, 6) is 1.59. The second kappa shape index (κ2) is 9.75. The summed E-state index contributed by atoms with van der Waals surface area (Å²) < 4.78 is 5.31. The van der Waals surface area contributed by atoms with Crippen molar-refractivity contribution in [3.8, 4) is 11.8 Å². The molecule has 1 fully saturated rings. The minimum absolute atomic E-state index is 0.00562. The maximum Gasteiger partial charge on any atom is 0.198 e. The van der Waals surface area contributed by atoms with Crippen LogP contribution in [-0.4, -0.2) is 43.3 Å². The van der Waals surface area contributed by atoms with Crippen molar-refractivity contribution in [3.05, 3.63) is 59.4 Å². The molecule has 0 aliphatic carbocycles.